The third kappa shape index (κ3) is 14.3. The van der Waals surface area contributed by atoms with E-state index >= 15 is 0 Å². The summed E-state index contributed by atoms with van der Waals surface area (Å²) < 4.78 is 33.4. The predicted octanol–water partition coefficient (Wildman–Crippen LogP) is 0.653. The van der Waals surface area contributed by atoms with E-state index in [9.17, 15) is 13.0 Å². The molecule has 0 unspecified atom stereocenters. The van der Waals surface area contributed by atoms with Gasteiger partial charge in [-0.05, 0) is 6.42 Å². The molecule has 0 heterocycles. The van der Waals surface area contributed by atoms with E-state index in [1.807, 2.05) is 6.92 Å². The second-order valence-electron chi connectivity index (χ2n) is 1.94. The minimum absolute atomic E-state index is 0. The van der Waals surface area contributed by atoms with Crippen molar-refractivity contribution in [2.75, 3.05) is 6.61 Å². The molecule has 62 valence electrons. The van der Waals surface area contributed by atoms with E-state index in [0.717, 1.165) is 12.8 Å². The van der Waals surface area contributed by atoms with E-state index < -0.39 is 10.4 Å². The SMILES string of the molecule is CCCCCOS(=O)(=O)[O-].[Fr+]. The van der Waals surface area contributed by atoms with E-state index in [-0.39, 0.29) is 56.5 Å². The van der Waals surface area contributed by atoms with Crippen LogP contribution in [0.4, 0.5) is 0 Å². The summed E-state index contributed by atoms with van der Waals surface area (Å²) in [7, 11) is -4.45. The Bertz CT molecular complexity index is 165. The summed E-state index contributed by atoms with van der Waals surface area (Å²) in [4.78, 5) is 0. The molecule has 0 fully saturated rings. The third-order valence-electron chi connectivity index (χ3n) is 0.976. The number of hydrogen-bond acceptors (Lipinski definition) is 4. The molecule has 11 heavy (non-hydrogen) atoms. The van der Waals surface area contributed by atoms with Crippen LogP contribution in [0.5, 0.6) is 0 Å². The molecule has 0 aliphatic rings. The molecule has 0 amide bonds. The Morgan fingerprint density at radius 2 is 1.91 bits per heavy atom. The van der Waals surface area contributed by atoms with Crippen LogP contribution in [0.3, 0.4) is 0 Å². The van der Waals surface area contributed by atoms with Gasteiger partial charge in [0, 0.05) is 0 Å². The van der Waals surface area contributed by atoms with Crippen molar-refractivity contribution in [3.63, 3.8) is 0 Å². The normalized spacial score (nSPS) is 10.7. The zero-order valence-corrected chi connectivity index (χ0v) is 15.9. The minimum Gasteiger partial charge on any atom is -0.726 e. The molecule has 0 aromatic rings. The average Bonchev–Trinajstić information content (AvgIpc) is 1.78. The first-order chi connectivity index (χ1) is 4.56. The molecule has 0 aliphatic carbocycles. The first-order valence-corrected chi connectivity index (χ1v) is 4.50. The molecule has 0 N–H and O–H groups in total. The molecule has 0 saturated heterocycles. The molecule has 6 heteroatoms. The van der Waals surface area contributed by atoms with E-state index in [1.54, 1.807) is 0 Å². The molecular formula is C5H11FrO4S. The fourth-order valence-electron chi connectivity index (χ4n) is 0.513. The first kappa shape index (κ1) is 15.0. The van der Waals surface area contributed by atoms with Gasteiger partial charge in [0.25, 0.3) is 0 Å². The molecule has 4 nitrogen and oxygen atoms in total. The van der Waals surface area contributed by atoms with Crippen molar-refractivity contribution in [1.82, 2.24) is 0 Å². The Hall–Kier alpha value is 1.47. The molecule has 0 saturated carbocycles. The molecule has 0 aromatic carbocycles. The number of rotatable bonds is 5. The Balaban J connectivity index is 0. The van der Waals surface area contributed by atoms with Gasteiger partial charge in [-0.15, -0.1) is 0 Å². The molecule has 0 radical (unpaired) electrons. The van der Waals surface area contributed by atoms with Gasteiger partial charge in [-0.25, -0.2) is 8.42 Å². The maximum atomic E-state index is 9.82. The maximum Gasteiger partial charge on any atom is 1.00 e. The van der Waals surface area contributed by atoms with Crippen LogP contribution >= 0.6 is 0 Å². The number of hydrogen-bond donors (Lipinski definition) is 0. The first-order valence-electron chi connectivity index (χ1n) is 3.16. The van der Waals surface area contributed by atoms with Crippen molar-refractivity contribution >= 4 is 10.4 Å². The minimum atomic E-state index is -4.45. The summed E-state index contributed by atoms with van der Waals surface area (Å²) in [5.74, 6) is 0. The van der Waals surface area contributed by atoms with E-state index in [0.29, 0.717) is 6.42 Å². The average molecular weight is 390 g/mol. The Morgan fingerprint density at radius 3 is 2.27 bits per heavy atom. The molecule has 0 rings (SSSR count). The Labute approximate surface area is 109 Å². The van der Waals surface area contributed by atoms with Crippen molar-refractivity contribution in [2.24, 2.45) is 0 Å². The largest absolute Gasteiger partial charge is 1.00 e. The molecular weight excluding hydrogens is 379 g/mol. The topological polar surface area (TPSA) is 66.4 Å². The van der Waals surface area contributed by atoms with Gasteiger partial charge >= 0.3 is 49.9 Å². The van der Waals surface area contributed by atoms with Crippen LogP contribution in [0.25, 0.3) is 0 Å². The predicted molar refractivity (Wildman–Crippen MR) is 35.2 cm³/mol. The monoisotopic (exact) mass is 390 g/mol. The van der Waals surface area contributed by atoms with Crippen LogP contribution < -0.4 is 0 Å². The van der Waals surface area contributed by atoms with Crippen molar-refractivity contribution in [3.8, 4) is 0 Å². The van der Waals surface area contributed by atoms with Crippen LogP contribution in [0.15, 0.2) is 0 Å². The molecule has 0 aliphatic heterocycles. The van der Waals surface area contributed by atoms with E-state index in [1.165, 1.54) is 0 Å². The Kier molecular flexibility index (Phi) is 11.0. The van der Waals surface area contributed by atoms with Crippen LogP contribution in [0, 0.1) is 49.9 Å². The van der Waals surface area contributed by atoms with Gasteiger partial charge in [0.15, 0.2) is 0 Å². The summed E-state index contributed by atoms with van der Waals surface area (Å²) >= 11 is 0. The van der Waals surface area contributed by atoms with Crippen LogP contribution in [0.1, 0.15) is 26.2 Å². The van der Waals surface area contributed by atoms with Gasteiger partial charge in [0.2, 0.25) is 10.4 Å². The summed E-state index contributed by atoms with van der Waals surface area (Å²) in [6, 6.07) is 0. The zero-order valence-electron chi connectivity index (χ0n) is 6.87. The summed E-state index contributed by atoms with van der Waals surface area (Å²) in [5.41, 5.74) is 0. The van der Waals surface area contributed by atoms with E-state index in [4.69, 9.17) is 0 Å². The summed E-state index contributed by atoms with van der Waals surface area (Å²) in [5, 5.41) is 0. The van der Waals surface area contributed by atoms with Gasteiger partial charge in [-0.1, -0.05) is 19.8 Å². The van der Waals surface area contributed by atoms with E-state index in [2.05, 4.69) is 4.18 Å². The maximum absolute atomic E-state index is 9.82. The smallest absolute Gasteiger partial charge is 0.726 e. The molecule has 0 aromatic heterocycles. The third-order valence-corrected chi connectivity index (χ3v) is 1.43. The van der Waals surface area contributed by atoms with Crippen molar-refractivity contribution in [1.29, 1.82) is 0 Å². The standard InChI is InChI=1S/C5H12O4S.Fr/c1-2-3-4-5-9-10(6,7)8;/h2-5H2,1H3,(H,6,7,8);/q;+1/p-1. The van der Waals surface area contributed by atoms with Crippen molar-refractivity contribution in [2.45, 2.75) is 26.2 Å². The molecule has 0 atom stereocenters. The fraction of sp³-hybridized carbons (Fsp3) is 1.00. The zero-order chi connectivity index (χ0) is 8.04. The van der Waals surface area contributed by atoms with Crippen LogP contribution in [-0.2, 0) is 14.6 Å². The fourth-order valence-corrected chi connectivity index (χ4v) is 0.835. The molecule has 0 spiro atoms. The summed E-state index contributed by atoms with van der Waals surface area (Å²) in [6.07, 6.45) is 2.48. The van der Waals surface area contributed by atoms with Crippen molar-refractivity contribution < 1.29 is 67.0 Å². The quantitative estimate of drug-likeness (QED) is 0.393. The Morgan fingerprint density at radius 1 is 1.36 bits per heavy atom. The van der Waals surface area contributed by atoms with Crippen molar-refractivity contribution in [3.05, 3.63) is 0 Å². The van der Waals surface area contributed by atoms with Gasteiger partial charge in [0.1, 0.15) is 0 Å². The van der Waals surface area contributed by atoms with Gasteiger partial charge in [-0.2, -0.15) is 0 Å². The number of unbranched alkanes of at least 4 members (excludes halogenated alkanes) is 2. The van der Waals surface area contributed by atoms with Gasteiger partial charge in [0.05, 0.1) is 6.61 Å². The second-order valence-corrected chi connectivity index (χ2v) is 2.99. The van der Waals surface area contributed by atoms with Crippen LogP contribution in [-0.4, -0.2) is 19.6 Å². The summed E-state index contributed by atoms with van der Waals surface area (Å²) in [6.45, 7) is 1.99. The second kappa shape index (κ2) is 8.08. The molecule has 0 bridgehead atoms. The van der Waals surface area contributed by atoms with Gasteiger partial charge in [-0.3, -0.25) is 4.18 Å². The van der Waals surface area contributed by atoms with Gasteiger partial charge < -0.3 is 4.55 Å². The van der Waals surface area contributed by atoms with Crippen LogP contribution in [0.2, 0.25) is 0 Å².